The summed E-state index contributed by atoms with van der Waals surface area (Å²) >= 11 is 5.42. The van der Waals surface area contributed by atoms with Crippen molar-refractivity contribution in [3.8, 4) is 0 Å². The van der Waals surface area contributed by atoms with Gasteiger partial charge in [-0.2, -0.15) is 0 Å². The first-order valence-electron chi connectivity index (χ1n) is 4.28. The molecule has 0 spiro atoms. The molecule has 3 nitrogen and oxygen atoms in total. The van der Waals surface area contributed by atoms with Crippen LogP contribution < -0.4 is 0 Å². The predicted molar refractivity (Wildman–Crippen MR) is 38.1 cm³/mol. The number of rotatable bonds is 1. The van der Waals surface area contributed by atoms with Crippen LogP contribution in [-0.2, 0) is 0 Å². The molecule has 0 fully saturated rings. The van der Waals surface area contributed by atoms with Crippen molar-refractivity contribution in [3.63, 3.8) is 0 Å². The summed E-state index contributed by atoms with van der Waals surface area (Å²) in [6.45, 7) is 0. The Morgan fingerprint density at radius 1 is 1.60 bits per heavy atom. The van der Waals surface area contributed by atoms with Gasteiger partial charge in [-0.3, -0.25) is 10.1 Å². The van der Waals surface area contributed by atoms with Gasteiger partial charge in [0.2, 0.25) is 0 Å². The van der Waals surface area contributed by atoms with Crippen molar-refractivity contribution in [3.05, 3.63) is 39.3 Å². The van der Waals surface area contributed by atoms with Gasteiger partial charge in [-0.15, -0.1) is 0 Å². The smallest absolute Gasteiger partial charge is 0.258 e. The third-order valence-corrected chi connectivity index (χ3v) is 1.08. The van der Waals surface area contributed by atoms with E-state index in [9.17, 15) is 10.1 Å². The second-order valence-electron chi connectivity index (χ2n) is 1.42. The van der Waals surface area contributed by atoms with Crippen LogP contribution in [0.4, 0.5) is 5.69 Å². The van der Waals surface area contributed by atoms with Crippen molar-refractivity contribution >= 4 is 17.3 Å². The highest BCUT2D eigenvalue weighted by Crippen LogP contribution is 2.21. The van der Waals surface area contributed by atoms with Crippen molar-refractivity contribution in [1.82, 2.24) is 0 Å². The highest BCUT2D eigenvalue weighted by molar-refractivity contribution is 6.32. The van der Waals surface area contributed by atoms with Crippen molar-refractivity contribution in [2.24, 2.45) is 0 Å². The fraction of sp³-hybridized carbons (Fsp3) is 0. The van der Waals surface area contributed by atoms with E-state index in [1.54, 1.807) is 0 Å². The maximum absolute atomic E-state index is 10.4. The molecule has 0 saturated heterocycles. The van der Waals surface area contributed by atoms with Gasteiger partial charge in [0.25, 0.3) is 5.69 Å². The zero-order chi connectivity index (χ0) is 11.0. The van der Waals surface area contributed by atoms with E-state index in [0.717, 1.165) is 0 Å². The first kappa shape index (κ1) is 3.34. The second kappa shape index (κ2) is 2.66. The molecule has 0 radical (unpaired) electrons. The van der Waals surface area contributed by atoms with Crippen LogP contribution >= 0.6 is 11.6 Å². The molecule has 0 atom stereocenters. The Balaban J connectivity index is 3.68. The Hall–Kier alpha value is -1.09. The quantitative estimate of drug-likeness (QED) is 0.468. The van der Waals surface area contributed by atoms with E-state index in [1.165, 1.54) is 0 Å². The largest absolute Gasteiger partial charge is 0.287 e. The van der Waals surface area contributed by atoms with E-state index in [-0.39, 0.29) is 0 Å². The third-order valence-electron chi connectivity index (χ3n) is 0.806. The maximum Gasteiger partial charge on any atom is 0.287 e. The molecule has 4 heteroatoms. The van der Waals surface area contributed by atoms with E-state index in [0.29, 0.717) is 0 Å². The van der Waals surface area contributed by atoms with Gasteiger partial charge in [-0.1, -0.05) is 23.7 Å². The van der Waals surface area contributed by atoms with Gasteiger partial charge >= 0.3 is 0 Å². The molecule has 10 heavy (non-hydrogen) atoms. The van der Waals surface area contributed by atoms with Crippen LogP contribution in [0.25, 0.3) is 0 Å². The molecule has 0 aliphatic carbocycles. The highest BCUT2D eigenvalue weighted by Gasteiger charge is 2.08. The van der Waals surface area contributed by atoms with Gasteiger partial charge in [0, 0.05) is 6.04 Å². The van der Waals surface area contributed by atoms with Crippen molar-refractivity contribution in [2.45, 2.75) is 0 Å². The summed E-state index contributed by atoms with van der Waals surface area (Å²) < 4.78 is 28.7. The van der Waals surface area contributed by atoms with Crippen LogP contribution in [0.3, 0.4) is 0 Å². The summed E-state index contributed by atoms with van der Waals surface area (Å²) in [6, 6.07) is -2.57. The van der Waals surface area contributed by atoms with Crippen molar-refractivity contribution in [1.29, 1.82) is 0 Å². The van der Waals surface area contributed by atoms with Crippen LogP contribution in [0, 0.1) is 10.1 Å². The first-order valence-corrected chi connectivity index (χ1v) is 2.66. The minimum atomic E-state index is -0.930. The van der Waals surface area contributed by atoms with Crippen molar-refractivity contribution < 1.29 is 10.4 Å². The normalized spacial score (nSPS) is 14.9. The molecular weight excluding hydrogens is 154 g/mol. The van der Waals surface area contributed by atoms with Gasteiger partial charge in [0.05, 0.1) is 10.4 Å². The van der Waals surface area contributed by atoms with E-state index < -0.39 is 39.8 Å². The number of para-hydroxylation sites is 1. The van der Waals surface area contributed by atoms with E-state index in [1.807, 2.05) is 0 Å². The average molecular weight is 162 g/mol. The minimum Gasteiger partial charge on any atom is -0.258 e. The van der Waals surface area contributed by atoms with Gasteiger partial charge < -0.3 is 0 Å². The van der Waals surface area contributed by atoms with Crippen LogP contribution in [-0.4, -0.2) is 4.92 Å². The Morgan fingerprint density at radius 3 is 2.80 bits per heavy atom. The summed E-state index contributed by atoms with van der Waals surface area (Å²) in [5.41, 5.74) is -0.794. The Labute approximate surface area is 68.0 Å². The molecule has 1 aromatic carbocycles. The van der Waals surface area contributed by atoms with Crippen LogP contribution in [0.1, 0.15) is 5.48 Å². The number of nitrogens with zero attached hydrogens (tertiary/aromatic N) is 1. The summed E-state index contributed by atoms with van der Waals surface area (Å²) in [5, 5.41) is 9.86. The summed E-state index contributed by atoms with van der Waals surface area (Å²) in [5.74, 6) is 0. The number of hydrogen-bond acceptors (Lipinski definition) is 2. The first-order chi connectivity index (χ1) is 6.37. The number of benzene rings is 1. The molecule has 0 unspecified atom stereocenters. The molecular formula is C6H4ClNO2. The molecule has 0 aliphatic heterocycles. The topological polar surface area (TPSA) is 43.1 Å². The number of nitro benzene ring substituents is 1. The number of nitro groups is 1. The molecule has 0 N–H and O–H groups in total. The predicted octanol–water partition coefficient (Wildman–Crippen LogP) is 2.25. The van der Waals surface area contributed by atoms with E-state index >= 15 is 0 Å². The van der Waals surface area contributed by atoms with Gasteiger partial charge in [0.1, 0.15) is 5.02 Å². The summed E-state index contributed by atoms with van der Waals surface area (Å²) in [7, 11) is 0. The lowest BCUT2D eigenvalue weighted by Gasteiger charge is -1.90. The maximum atomic E-state index is 10.4. The zero-order valence-electron chi connectivity index (χ0n) is 8.64. The van der Waals surface area contributed by atoms with Crippen molar-refractivity contribution in [2.75, 3.05) is 0 Å². The fourth-order valence-corrected chi connectivity index (χ4v) is 0.580. The molecule has 52 valence electrons. The van der Waals surface area contributed by atoms with Crippen LogP contribution in [0.5, 0.6) is 0 Å². The zero-order valence-corrected chi connectivity index (χ0v) is 5.40. The van der Waals surface area contributed by atoms with Crippen LogP contribution in [0.15, 0.2) is 24.2 Å². The second-order valence-corrected chi connectivity index (χ2v) is 1.80. The number of hydrogen-bond donors (Lipinski definition) is 0. The lowest BCUT2D eigenvalue weighted by molar-refractivity contribution is -0.384. The minimum absolute atomic E-state index is 0.569. The molecule has 0 saturated carbocycles. The molecule has 1 rings (SSSR count). The Bertz CT molecular complexity index is 394. The molecule has 1 aromatic rings. The standard InChI is InChI=1S/C6H4ClNO2/c7-5-3-1-2-4-6(5)8(9)10/h1-4H/i1D,2D,3D,4D. The highest BCUT2D eigenvalue weighted by atomic mass is 35.5. The summed E-state index contributed by atoms with van der Waals surface area (Å²) in [6.07, 6.45) is 0. The van der Waals surface area contributed by atoms with Gasteiger partial charge in [-0.25, -0.2) is 0 Å². The molecule has 0 amide bonds. The molecule has 0 aliphatic rings. The fourth-order valence-electron chi connectivity index (χ4n) is 0.416. The molecule has 0 bridgehead atoms. The number of halogens is 1. The SMILES string of the molecule is [2H]c1c([2H])c([2H])c([N+](=O)[O-])c(Cl)c1[2H]. The van der Waals surface area contributed by atoms with E-state index in [4.69, 9.17) is 17.1 Å². The average Bonchev–Trinajstić information content (AvgIpc) is 2.11. The van der Waals surface area contributed by atoms with Crippen LogP contribution in [0.2, 0.25) is 5.02 Å². The Morgan fingerprint density at radius 2 is 2.20 bits per heavy atom. The molecule has 0 aromatic heterocycles. The van der Waals surface area contributed by atoms with Gasteiger partial charge in [0.15, 0.2) is 0 Å². The monoisotopic (exact) mass is 161 g/mol. The lowest BCUT2D eigenvalue weighted by atomic mass is 10.3. The molecule has 0 heterocycles. The Kier molecular flexibility index (Phi) is 0.891. The van der Waals surface area contributed by atoms with E-state index in [2.05, 4.69) is 0 Å². The third kappa shape index (κ3) is 1.25. The van der Waals surface area contributed by atoms with Gasteiger partial charge in [-0.05, 0) is 6.04 Å². The summed E-state index contributed by atoms with van der Waals surface area (Å²) in [4.78, 5) is 9.50. The lowest BCUT2D eigenvalue weighted by Crippen LogP contribution is -1.87.